The molecule has 2 aliphatic heterocycles. The number of anilines is 2. The zero-order valence-corrected chi connectivity index (χ0v) is 41.9. The van der Waals surface area contributed by atoms with Crippen molar-refractivity contribution in [3.8, 4) is 33.8 Å². The minimum absolute atomic E-state index is 0.357. The number of carbonyl (C=O) groups is 1. The molecule has 4 aromatic heterocycles. The maximum atomic E-state index is 12.5. The summed E-state index contributed by atoms with van der Waals surface area (Å²) in [5.74, 6) is 4.42. The third kappa shape index (κ3) is 11.3. The average Bonchev–Trinajstić information content (AvgIpc) is 4.16. The normalized spacial score (nSPS) is 20.0. The number of likely N-dealkylation sites (tertiary alicyclic amines) is 2. The number of benzene rings is 4. The Morgan fingerprint density at radius 2 is 1.03 bits per heavy atom. The van der Waals surface area contributed by atoms with Gasteiger partial charge in [-0.3, -0.25) is 9.69 Å². The summed E-state index contributed by atoms with van der Waals surface area (Å²) in [7, 11) is 0. The monoisotopic (exact) mass is 977 g/mol. The molecule has 2 saturated heterocycles. The van der Waals surface area contributed by atoms with Gasteiger partial charge in [-0.05, 0) is 142 Å². The van der Waals surface area contributed by atoms with Crippen LogP contribution in [0, 0.1) is 11.8 Å². The molecular formula is C60H68N10O3. The lowest BCUT2D eigenvalue weighted by atomic mass is 9.77. The molecule has 0 radical (unpaired) electrons. The number of hydrogen-bond donors (Lipinski definition) is 2. The van der Waals surface area contributed by atoms with E-state index in [0.29, 0.717) is 61.6 Å². The number of rotatable bonds is 17. The second kappa shape index (κ2) is 22.4. The smallest absolute Gasteiger partial charge is 0.146 e. The van der Waals surface area contributed by atoms with Gasteiger partial charge in [0.1, 0.15) is 66.1 Å². The van der Waals surface area contributed by atoms with Crippen LogP contribution in [-0.4, -0.2) is 83.9 Å². The number of nitrogens with two attached hydrogens (primary N) is 2. The molecule has 0 amide bonds. The van der Waals surface area contributed by atoms with Gasteiger partial charge in [0.05, 0.1) is 17.3 Å². The van der Waals surface area contributed by atoms with E-state index in [9.17, 15) is 4.79 Å². The number of fused-ring (bicyclic) bond motifs is 2. The summed E-state index contributed by atoms with van der Waals surface area (Å²) in [6.45, 7) is 7.61. The lowest BCUT2D eigenvalue weighted by molar-refractivity contribution is -0.120. The molecule has 2 aliphatic carbocycles. The van der Waals surface area contributed by atoms with Gasteiger partial charge in [-0.15, -0.1) is 0 Å². The fourth-order valence-electron chi connectivity index (χ4n) is 11.6. The highest BCUT2D eigenvalue weighted by Crippen LogP contribution is 2.46. The first-order valence-electron chi connectivity index (χ1n) is 26.6. The summed E-state index contributed by atoms with van der Waals surface area (Å²) >= 11 is 0. The predicted molar refractivity (Wildman–Crippen MR) is 290 cm³/mol. The Morgan fingerprint density at radius 3 is 1.55 bits per heavy atom. The topological polar surface area (TPSA) is 155 Å². The van der Waals surface area contributed by atoms with E-state index in [1.165, 1.54) is 64.6 Å². The van der Waals surface area contributed by atoms with E-state index in [1.54, 1.807) is 12.7 Å². The second-order valence-electron chi connectivity index (χ2n) is 20.8. The van der Waals surface area contributed by atoms with E-state index in [4.69, 9.17) is 20.9 Å². The maximum absolute atomic E-state index is 12.5. The van der Waals surface area contributed by atoms with Crippen LogP contribution in [-0.2, 0) is 18.0 Å². The first-order chi connectivity index (χ1) is 35.9. The summed E-state index contributed by atoms with van der Waals surface area (Å²) in [6.07, 6.45) is 20.2. The van der Waals surface area contributed by atoms with Crippen molar-refractivity contribution in [3.63, 3.8) is 0 Å². The molecule has 0 unspecified atom stereocenters. The van der Waals surface area contributed by atoms with E-state index in [1.807, 2.05) is 60.7 Å². The number of hydrogen-bond acceptors (Lipinski definition) is 11. The summed E-state index contributed by atoms with van der Waals surface area (Å²) in [5, 5.41) is 1.82. The van der Waals surface area contributed by atoms with E-state index in [0.717, 1.165) is 105 Å². The fourth-order valence-corrected chi connectivity index (χ4v) is 11.6. The number of Topliss-reactive ketones (excluding diaryl/α,β-unsaturated/α-hetero) is 1. The molecule has 2 saturated carbocycles. The van der Waals surface area contributed by atoms with Crippen molar-refractivity contribution in [3.05, 3.63) is 145 Å². The van der Waals surface area contributed by atoms with Crippen LogP contribution in [0.4, 0.5) is 11.6 Å². The summed E-state index contributed by atoms with van der Waals surface area (Å²) in [5.41, 5.74) is 21.0. The van der Waals surface area contributed by atoms with Gasteiger partial charge in [0, 0.05) is 48.6 Å². The van der Waals surface area contributed by atoms with Gasteiger partial charge in [0.25, 0.3) is 0 Å². The Morgan fingerprint density at radius 1 is 0.548 bits per heavy atom. The number of ketones is 1. The Bertz CT molecular complexity index is 3110. The predicted octanol–water partition coefficient (Wildman–Crippen LogP) is 11.4. The molecule has 4 aliphatic rings. The molecule has 4 aromatic carbocycles. The average molecular weight is 977 g/mol. The number of ether oxygens (including phenoxy) is 2. The van der Waals surface area contributed by atoms with Crippen LogP contribution in [0.15, 0.2) is 134 Å². The van der Waals surface area contributed by atoms with Gasteiger partial charge in [-0.1, -0.05) is 91.3 Å². The first-order valence-corrected chi connectivity index (χ1v) is 26.6. The summed E-state index contributed by atoms with van der Waals surface area (Å²) in [6, 6.07) is 37.6. The molecule has 73 heavy (non-hydrogen) atoms. The quantitative estimate of drug-likeness (QED) is 0.0895. The molecule has 13 nitrogen and oxygen atoms in total. The molecule has 4 fully saturated rings. The second-order valence-corrected chi connectivity index (χ2v) is 20.8. The van der Waals surface area contributed by atoms with Crippen LogP contribution >= 0.6 is 0 Å². The minimum Gasteiger partial charge on any atom is -0.489 e. The number of nitrogen functional groups attached to an aromatic ring is 2. The molecule has 12 rings (SSSR count). The molecule has 8 aromatic rings. The first kappa shape index (κ1) is 48.2. The van der Waals surface area contributed by atoms with Crippen LogP contribution in [0.25, 0.3) is 44.3 Å². The Hall–Kier alpha value is -7.09. The van der Waals surface area contributed by atoms with E-state index < -0.39 is 0 Å². The van der Waals surface area contributed by atoms with Gasteiger partial charge < -0.3 is 35.0 Å². The largest absolute Gasteiger partial charge is 0.489 e. The Labute approximate surface area is 428 Å². The summed E-state index contributed by atoms with van der Waals surface area (Å²) in [4.78, 5) is 35.4. The zero-order chi connectivity index (χ0) is 49.5. The number of piperidine rings is 1. The lowest BCUT2D eigenvalue weighted by Crippen LogP contribution is -2.35. The van der Waals surface area contributed by atoms with Crippen molar-refractivity contribution in [2.24, 2.45) is 11.8 Å². The number of aromatic nitrogens is 6. The van der Waals surface area contributed by atoms with Crippen molar-refractivity contribution in [2.75, 3.05) is 50.7 Å². The van der Waals surface area contributed by atoms with Crippen molar-refractivity contribution in [2.45, 2.75) is 95.9 Å². The van der Waals surface area contributed by atoms with Crippen LogP contribution in [0.5, 0.6) is 11.5 Å². The van der Waals surface area contributed by atoms with E-state index >= 15 is 0 Å². The van der Waals surface area contributed by atoms with Gasteiger partial charge in [0.15, 0.2) is 0 Å². The highest BCUT2D eigenvalue weighted by atomic mass is 16.5. The third-order valence-electron chi connectivity index (χ3n) is 15.7. The molecule has 0 atom stereocenters. The molecule has 0 bridgehead atoms. The van der Waals surface area contributed by atoms with Gasteiger partial charge in [0.2, 0.25) is 0 Å². The zero-order valence-electron chi connectivity index (χ0n) is 41.9. The van der Waals surface area contributed by atoms with Crippen LogP contribution in [0.2, 0.25) is 0 Å². The van der Waals surface area contributed by atoms with Gasteiger partial charge in [-0.25, -0.2) is 19.9 Å². The molecule has 4 N–H and O–H groups in total. The number of carbonyl (C=O) groups excluding carboxylic acids is 1. The summed E-state index contributed by atoms with van der Waals surface area (Å²) < 4.78 is 16.8. The maximum Gasteiger partial charge on any atom is 0.146 e. The van der Waals surface area contributed by atoms with Crippen LogP contribution < -0.4 is 20.9 Å². The fraction of sp³-hybridized carbons (Fsp3) is 0.383. The van der Waals surface area contributed by atoms with Gasteiger partial charge in [-0.2, -0.15) is 0 Å². The third-order valence-corrected chi connectivity index (χ3v) is 15.7. The van der Waals surface area contributed by atoms with Gasteiger partial charge >= 0.3 is 0 Å². The SMILES string of the molecule is Nc1ncnc2c1c(-c1cccc(OCc3ccccc3)c1)cn2C1CC(CCC(=O)CN2CCCCC2)C1.Nc1ncnc2c1c(-c1cccc(OCc3ccccc3)c1)cn2C1CC(CN2CCCC2)C1. The standard InChI is InChI=1S/C32H37N5O2.C28H31N5O/c33-31-30-29(25-10-7-11-28(18-25)39-21-23-8-3-1-4-9-23)20-37(32(30)35-22-34-31)26-16-24(17-26)12-13-27(38)19-36-14-5-2-6-15-36;29-27-26-25(22-9-6-10-24(15-22)34-18-20-7-2-1-3-8-20)17-33(28(26)31-19-30-27)23-13-21(14-23)16-32-11-4-5-12-32/h1,3-4,7-11,18,20,22,24,26H,2,5-6,12-17,19,21H2,(H2,33,34,35);1-3,6-10,15,17,19,21,23H,4-5,11-14,16,18H2,(H2,29,30,31). The van der Waals surface area contributed by atoms with Crippen molar-refractivity contribution < 1.29 is 14.3 Å². The van der Waals surface area contributed by atoms with Crippen molar-refractivity contribution >= 4 is 39.5 Å². The Balaban J connectivity index is 0.000000159. The van der Waals surface area contributed by atoms with Crippen LogP contribution in [0.1, 0.15) is 93.8 Å². The Kier molecular flexibility index (Phi) is 14.8. The van der Waals surface area contributed by atoms with E-state index in [2.05, 4.69) is 99.8 Å². The highest BCUT2D eigenvalue weighted by Gasteiger charge is 2.35. The number of nitrogens with zero attached hydrogens (tertiary/aromatic N) is 8. The highest BCUT2D eigenvalue weighted by molar-refractivity contribution is 6.02. The molecule has 13 heteroatoms. The van der Waals surface area contributed by atoms with E-state index in [-0.39, 0.29) is 0 Å². The molecule has 6 heterocycles. The molecule has 376 valence electrons. The molecular weight excluding hydrogens is 909 g/mol. The lowest BCUT2D eigenvalue weighted by Gasteiger charge is -2.38. The minimum atomic E-state index is 0.357. The molecule has 0 spiro atoms. The van der Waals surface area contributed by atoms with Crippen LogP contribution in [0.3, 0.4) is 0 Å². The van der Waals surface area contributed by atoms with Crippen molar-refractivity contribution in [1.29, 1.82) is 0 Å². The van der Waals surface area contributed by atoms with Crippen molar-refractivity contribution in [1.82, 2.24) is 38.9 Å².